The number of nitrogens with zero attached hydrogens (tertiary/aromatic N) is 1. The third kappa shape index (κ3) is 4.49. The molecule has 1 aromatic carbocycles. The summed E-state index contributed by atoms with van der Waals surface area (Å²) in [7, 11) is 6.21. The van der Waals surface area contributed by atoms with Crippen LogP contribution in [-0.2, 0) is 4.74 Å². The van der Waals surface area contributed by atoms with Crippen molar-refractivity contribution in [2.45, 2.75) is 0 Å². The van der Waals surface area contributed by atoms with Crippen LogP contribution in [0.25, 0.3) is 0 Å². The molecule has 0 aliphatic heterocycles. The lowest BCUT2D eigenvalue weighted by Gasteiger charge is -2.23. The maximum atomic E-state index is 11.7. The summed E-state index contributed by atoms with van der Waals surface area (Å²) in [6.45, 7) is 1.27. The Morgan fingerprint density at radius 3 is 2.50 bits per heavy atom. The fourth-order valence-electron chi connectivity index (χ4n) is 1.12. The first-order valence-corrected chi connectivity index (χ1v) is 6.20. The number of hydrogen-bond donors (Lipinski definition) is 0. The summed E-state index contributed by atoms with van der Waals surface area (Å²) in [6, 6.07) is 7.44. The first-order valence-electron chi connectivity index (χ1n) is 5.12. The standard InChI is InChI=1S/C12H17INO2/c1-14(2,3)8-9-16-12(15)10-6-4-5-7-11(10)13/h4-7H,8-9H2,1-3H3/q+1/i13-2. The van der Waals surface area contributed by atoms with Gasteiger partial charge in [0.15, 0.2) is 0 Å². The smallest absolute Gasteiger partial charge is 0.339 e. The maximum absolute atomic E-state index is 11.7. The van der Waals surface area contributed by atoms with Gasteiger partial charge in [-0.2, -0.15) is 0 Å². The molecule has 0 N–H and O–H groups in total. The van der Waals surface area contributed by atoms with Crippen LogP contribution >= 0.6 is 22.6 Å². The molecule has 0 atom stereocenters. The molecule has 0 spiro atoms. The van der Waals surface area contributed by atoms with Gasteiger partial charge in [-0.05, 0) is 34.7 Å². The number of carbonyl (C=O) groups excluding carboxylic acids is 1. The minimum absolute atomic E-state index is 0.238. The SMILES string of the molecule is C[N+](C)(C)CCOC(=O)c1ccccc1[125I]. The summed E-state index contributed by atoms with van der Waals surface area (Å²) in [6.07, 6.45) is 0. The predicted octanol–water partition coefficient (Wildman–Crippen LogP) is 2.15. The van der Waals surface area contributed by atoms with Gasteiger partial charge >= 0.3 is 5.97 Å². The zero-order valence-electron chi connectivity index (χ0n) is 9.87. The lowest BCUT2D eigenvalue weighted by atomic mass is 10.2. The Hall–Kier alpha value is -0.620. The van der Waals surface area contributed by atoms with E-state index in [4.69, 9.17) is 4.74 Å². The fourth-order valence-corrected chi connectivity index (χ4v) is 1.72. The van der Waals surface area contributed by atoms with E-state index >= 15 is 0 Å². The first kappa shape index (κ1) is 13.4. The summed E-state index contributed by atoms with van der Waals surface area (Å²) in [5, 5.41) is 0. The highest BCUT2D eigenvalue weighted by atomic mass is 125. The average Bonchev–Trinajstić information content (AvgIpc) is 2.16. The largest absolute Gasteiger partial charge is 0.456 e. The molecule has 1 aromatic rings. The Labute approximate surface area is 110 Å². The molecule has 0 bridgehead atoms. The Kier molecular flexibility index (Phi) is 4.73. The molecule has 0 radical (unpaired) electrons. The van der Waals surface area contributed by atoms with Gasteiger partial charge in [0.1, 0.15) is 13.2 Å². The number of rotatable bonds is 4. The molecule has 0 saturated heterocycles. The Balaban J connectivity index is 2.51. The number of halogens is 1. The second-order valence-electron chi connectivity index (χ2n) is 4.63. The molecule has 0 unspecified atom stereocenters. The van der Waals surface area contributed by atoms with Crippen molar-refractivity contribution in [3.63, 3.8) is 0 Å². The van der Waals surface area contributed by atoms with Crippen LogP contribution in [0.2, 0.25) is 0 Å². The van der Waals surface area contributed by atoms with Crippen molar-refractivity contribution in [2.24, 2.45) is 0 Å². The quantitative estimate of drug-likeness (QED) is 0.480. The minimum atomic E-state index is -0.238. The van der Waals surface area contributed by atoms with Crippen LogP contribution in [0.5, 0.6) is 0 Å². The van der Waals surface area contributed by atoms with E-state index in [0.717, 1.165) is 14.6 Å². The highest BCUT2D eigenvalue weighted by molar-refractivity contribution is 14.1. The number of carbonyl (C=O) groups is 1. The maximum Gasteiger partial charge on any atom is 0.339 e. The third-order valence-corrected chi connectivity index (χ3v) is 3.03. The number of ether oxygens (including phenoxy) is 1. The van der Waals surface area contributed by atoms with E-state index in [9.17, 15) is 4.79 Å². The van der Waals surface area contributed by atoms with E-state index in [1.165, 1.54) is 0 Å². The van der Waals surface area contributed by atoms with Crippen molar-refractivity contribution in [3.05, 3.63) is 33.4 Å². The molecular formula is C12H17INO2+. The molecule has 88 valence electrons. The third-order valence-electron chi connectivity index (χ3n) is 2.09. The number of benzene rings is 1. The molecule has 4 heteroatoms. The van der Waals surface area contributed by atoms with Gasteiger partial charge in [-0.25, -0.2) is 4.79 Å². The van der Waals surface area contributed by atoms with Gasteiger partial charge in [-0.15, -0.1) is 0 Å². The lowest BCUT2D eigenvalue weighted by molar-refractivity contribution is -0.870. The lowest BCUT2D eigenvalue weighted by Crippen LogP contribution is -2.38. The van der Waals surface area contributed by atoms with Crippen molar-refractivity contribution in [1.29, 1.82) is 0 Å². The summed E-state index contributed by atoms with van der Waals surface area (Å²) in [5.41, 5.74) is 0.643. The monoisotopic (exact) mass is 332 g/mol. The van der Waals surface area contributed by atoms with Gasteiger partial charge in [-0.3, -0.25) is 0 Å². The number of likely N-dealkylation sites (N-methyl/N-ethyl adjacent to an activating group) is 1. The highest BCUT2D eigenvalue weighted by Gasteiger charge is 2.12. The van der Waals surface area contributed by atoms with Gasteiger partial charge in [0.2, 0.25) is 0 Å². The molecule has 0 aliphatic rings. The van der Waals surface area contributed by atoms with Gasteiger partial charge in [0.25, 0.3) is 0 Å². The van der Waals surface area contributed by atoms with E-state index < -0.39 is 0 Å². The normalized spacial score (nSPS) is 11.2. The average molecular weight is 332 g/mol. The molecule has 0 aliphatic carbocycles. The van der Waals surface area contributed by atoms with Gasteiger partial charge < -0.3 is 9.22 Å². The fraction of sp³-hybridized carbons (Fsp3) is 0.417. The summed E-state index contributed by atoms with van der Waals surface area (Å²) >= 11 is 2.14. The van der Waals surface area contributed by atoms with Crippen LogP contribution < -0.4 is 0 Å². The summed E-state index contributed by atoms with van der Waals surface area (Å²) in [5.74, 6) is -0.238. The number of hydrogen-bond acceptors (Lipinski definition) is 2. The van der Waals surface area contributed by atoms with Crippen molar-refractivity contribution in [2.75, 3.05) is 34.3 Å². The van der Waals surface area contributed by atoms with E-state index in [-0.39, 0.29) is 5.97 Å². The topological polar surface area (TPSA) is 26.3 Å². The van der Waals surface area contributed by atoms with Crippen molar-refractivity contribution >= 4 is 28.6 Å². The van der Waals surface area contributed by atoms with E-state index in [1.807, 2.05) is 18.2 Å². The van der Waals surface area contributed by atoms with Crippen molar-refractivity contribution in [1.82, 2.24) is 0 Å². The van der Waals surface area contributed by atoms with Gasteiger partial charge in [0.05, 0.1) is 26.7 Å². The number of esters is 1. The van der Waals surface area contributed by atoms with Crippen LogP contribution in [0, 0.1) is 3.57 Å². The first-order chi connectivity index (χ1) is 7.40. The van der Waals surface area contributed by atoms with Gasteiger partial charge in [-0.1, -0.05) is 12.1 Å². The number of quaternary nitrogens is 1. The van der Waals surface area contributed by atoms with Crippen LogP contribution in [0.1, 0.15) is 10.4 Å². The molecule has 0 fully saturated rings. The molecular weight excluding hydrogens is 315 g/mol. The Morgan fingerprint density at radius 2 is 1.94 bits per heavy atom. The van der Waals surface area contributed by atoms with Crippen LogP contribution in [0.15, 0.2) is 24.3 Å². The highest BCUT2D eigenvalue weighted by Crippen LogP contribution is 2.12. The second-order valence-corrected chi connectivity index (χ2v) is 5.79. The zero-order valence-corrected chi connectivity index (χ0v) is 12.0. The van der Waals surface area contributed by atoms with Gasteiger partial charge in [0, 0.05) is 3.57 Å². The molecule has 3 nitrogen and oxygen atoms in total. The van der Waals surface area contributed by atoms with Crippen molar-refractivity contribution in [3.8, 4) is 0 Å². The molecule has 0 amide bonds. The Morgan fingerprint density at radius 1 is 1.31 bits per heavy atom. The van der Waals surface area contributed by atoms with E-state index in [2.05, 4.69) is 43.7 Å². The Bertz CT molecular complexity index is 372. The summed E-state index contributed by atoms with van der Waals surface area (Å²) < 4.78 is 6.94. The summed E-state index contributed by atoms with van der Waals surface area (Å²) in [4.78, 5) is 11.7. The molecule has 16 heavy (non-hydrogen) atoms. The molecule has 0 heterocycles. The van der Waals surface area contributed by atoms with Crippen LogP contribution in [0.4, 0.5) is 0 Å². The van der Waals surface area contributed by atoms with Crippen LogP contribution in [-0.4, -0.2) is 44.7 Å². The molecule has 1 rings (SSSR count). The molecule has 0 saturated carbocycles. The van der Waals surface area contributed by atoms with Crippen molar-refractivity contribution < 1.29 is 14.0 Å². The van der Waals surface area contributed by atoms with E-state index in [1.54, 1.807) is 6.07 Å². The van der Waals surface area contributed by atoms with E-state index in [0.29, 0.717) is 12.2 Å². The predicted molar refractivity (Wildman–Crippen MR) is 72.3 cm³/mol. The minimum Gasteiger partial charge on any atom is -0.456 e. The molecule has 0 aromatic heterocycles. The second kappa shape index (κ2) is 5.63. The van der Waals surface area contributed by atoms with Crippen LogP contribution in [0.3, 0.4) is 0 Å². The zero-order chi connectivity index (χ0) is 12.2.